The van der Waals surface area contributed by atoms with Crippen molar-refractivity contribution < 1.29 is 61.5 Å². The summed E-state index contributed by atoms with van der Waals surface area (Å²) in [4.78, 5) is 0. The largest absolute Gasteiger partial charge is 0.207 e. The van der Waals surface area contributed by atoms with Gasteiger partial charge in [0.15, 0.2) is 40.2 Å². The molecule has 0 heterocycles. The van der Waals surface area contributed by atoms with Gasteiger partial charge in [0.2, 0.25) is 11.6 Å². The smallest absolute Gasteiger partial charge is 0.200 e. The predicted molar refractivity (Wildman–Crippen MR) is 137 cm³/mol. The Balaban J connectivity index is 2.72. The van der Waals surface area contributed by atoms with Crippen LogP contribution in [0.2, 0.25) is 0 Å². The van der Waals surface area contributed by atoms with Gasteiger partial charge in [-0.1, -0.05) is 0 Å². The zero-order chi connectivity index (χ0) is 33.2. The Labute approximate surface area is 237 Å². The van der Waals surface area contributed by atoms with Gasteiger partial charge < -0.3 is 0 Å². The lowest BCUT2D eigenvalue weighted by Gasteiger charge is -2.39. The standard InChI is InChI=1S/C27H22BF14P/c1-7(2)43(8(3)4,9(5)6)27-25(41)17(33)12(18(34)26(27)42)28(10-13(29)19(35)23(39)20(36)14(10)30)11-15(31)21(37)24(40)22(38)16(11)32/h7-9,28H,1-6H3. The van der Waals surface area contributed by atoms with Crippen molar-refractivity contribution in [1.82, 2.24) is 0 Å². The fourth-order valence-corrected chi connectivity index (χ4v) is 12.3. The van der Waals surface area contributed by atoms with Crippen molar-refractivity contribution in [3.05, 3.63) is 81.4 Å². The average Bonchev–Trinajstić information content (AvgIpc) is 2.93. The maximum absolute atomic E-state index is 16.0. The number of benzene rings is 3. The molecule has 0 unspecified atom stereocenters. The van der Waals surface area contributed by atoms with Crippen molar-refractivity contribution in [3.8, 4) is 0 Å². The first-order valence-corrected chi connectivity index (χ1v) is 14.7. The maximum atomic E-state index is 16.0. The second-order valence-electron chi connectivity index (χ2n) is 10.8. The third kappa shape index (κ3) is 4.89. The van der Waals surface area contributed by atoms with Crippen molar-refractivity contribution in [3.63, 3.8) is 0 Å². The molecule has 0 radical (unpaired) electrons. The van der Waals surface area contributed by atoms with Crippen molar-refractivity contribution >= 4 is 35.7 Å². The van der Waals surface area contributed by atoms with E-state index in [-0.39, 0.29) is 0 Å². The van der Waals surface area contributed by atoms with E-state index in [1.165, 1.54) is 41.5 Å². The molecule has 236 valence electrons. The van der Waals surface area contributed by atoms with Crippen LogP contribution in [0.5, 0.6) is 0 Å². The second-order valence-corrected chi connectivity index (χ2v) is 16.0. The quantitative estimate of drug-likeness (QED) is 0.0871. The lowest BCUT2D eigenvalue weighted by atomic mass is 9.36. The molecule has 0 saturated carbocycles. The molecule has 43 heavy (non-hydrogen) atoms. The molecule has 3 aromatic carbocycles. The van der Waals surface area contributed by atoms with E-state index in [9.17, 15) is 43.9 Å². The molecule has 0 atom stereocenters. The van der Waals surface area contributed by atoms with E-state index in [1.54, 1.807) is 0 Å². The van der Waals surface area contributed by atoms with Crippen molar-refractivity contribution in [2.45, 2.75) is 58.5 Å². The first-order chi connectivity index (χ1) is 19.7. The summed E-state index contributed by atoms with van der Waals surface area (Å²) in [6.45, 7) is 3.89. The van der Waals surface area contributed by atoms with Gasteiger partial charge in [-0.3, -0.25) is 0 Å². The highest BCUT2D eigenvalue weighted by Crippen LogP contribution is 2.69. The van der Waals surface area contributed by atoms with Gasteiger partial charge in [0.05, 0.1) is 31.0 Å². The maximum Gasteiger partial charge on any atom is 0.200 e. The first-order valence-electron chi connectivity index (χ1n) is 12.7. The molecule has 0 saturated heterocycles. The van der Waals surface area contributed by atoms with Crippen LogP contribution in [0.4, 0.5) is 61.5 Å². The Kier molecular flexibility index (Phi) is 9.62. The van der Waals surface area contributed by atoms with Gasteiger partial charge in [-0.05, 0) is 41.5 Å². The Bertz CT molecular complexity index is 1440. The van der Waals surface area contributed by atoms with Gasteiger partial charge in [0.1, 0.15) is 34.9 Å². The van der Waals surface area contributed by atoms with Crippen LogP contribution in [0.3, 0.4) is 0 Å². The number of rotatable bonds is 7. The van der Waals surface area contributed by atoms with Crippen LogP contribution in [0.15, 0.2) is 0 Å². The summed E-state index contributed by atoms with van der Waals surface area (Å²) in [5.41, 5.74) is -9.25. The van der Waals surface area contributed by atoms with Crippen LogP contribution in [0.1, 0.15) is 41.5 Å². The summed E-state index contributed by atoms with van der Waals surface area (Å²) < 4.78 is 208. The van der Waals surface area contributed by atoms with Crippen molar-refractivity contribution in [1.29, 1.82) is 0 Å². The zero-order valence-electron chi connectivity index (χ0n) is 23.2. The van der Waals surface area contributed by atoms with E-state index in [2.05, 4.69) is 0 Å². The van der Waals surface area contributed by atoms with E-state index in [0.717, 1.165) is 0 Å². The van der Waals surface area contributed by atoms with E-state index < -0.39 is 134 Å². The Morgan fingerprint density at radius 1 is 0.326 bits per heavy atom. The summed E-state index contributed by atoms with van der Waals surface area (Å²) in [6, 6.07) is 0. The van der Waals surface area contributed by atoms with Crippen LogP contribution in [0.25, 0.3) is 0 Å². The summed E-state index contributed by atoms with van der Waals surface area (Å²) in [7, 11) is -3.33. The summed E-state index contributed by atoms with van der Waals surface area (Å²) >= 11 is 0. The minimum absolute atomic E-state index is 0.672. The summed E-state index contributed by atoms with van der Waals surface area (Å²) in [5, 5.41) is -1.14. The van der Waals surface area contributed by atoms with Crippen LogP contribution in [-0.2, 0) is 0 Å². The third-order valence-electron chi connectivity index (χ3n) is 7.94. The zero-order valence-corrected chi connectivity index (χ0v) is 24.1. The van der Waals surface area contributed by atoms with Gasteiger partial charge in [-0.2, -0.15) is 8.78 Å². The Hall–Kier alpha value is -2.83. The van der Waals surface area contributed by atoms with Crippen LogP contribution in [-0.4, -0.2) is 23.7 Å². The molecule has 0 fully saturated rings. The van der Waals surface area contributed by atoms with Crippen LogP contribution >= 0.6 is 7.26 Å². The third-order valence-corrected chi connectivity index (χ3v) is 14.2. The van der Waals surface area contributed by atoms with Crippen LogP contribution < -0.4 is 21.7 Å². The topological polar surface area (TPSA) is 0 Å². The molecule has 0 aliphatic heterocycles. The highest BCUT2D eigenvalue weighted by molar-refractivity contribution is 7.84. The van der Waals surface area contributed by atoms with E-state index in [4.69, 9.17) is 0 Å². The minimum atomic E-state index is -5.08. The van der Waals surface area contributed by atoms with Gasteiger partial charge in [0.25, 0.3) is 0 Å². The second kappa shape index (κ2) is 11.9. The van der Waals surface area contributed by atoms with Crippen molar-refractivity contribution in [2.75, 3.05) is 0 Å². The predicted octanol–water partition coefficient (Wildman–Crippen LogP) is 6.75. The van der Waals surface area contributed by atoms with Gasteiger partial charge in [0, 0.05) is 0 Å². The monoisotopic (exact) mass is 654 g/mol. The highest BCUT2D eigenvalue weighted by atomic mass is 31.2. The molecule has 0 aromatic heterocycles. The van der Waals surface area contributed by atoms with Gasteiger partial charge >= 0.3 is 0 Å². The molecule has 3 aromatic rings. The first kappa shape index (κ1) is 34.7. The average molecular weight is 654 g/mol. The number of hydrogen-bond acceptors (Lipinski definition) is 0. The minimum Gasteiger partial charge on any atom is -0.207 e. The summed E-state index contributed by atoms with van der Waals surface area (Å²) in [5.74, 6) is -38.6. The van der Waals surface area contributed by atoms with E-state index in [0.29, 0.717) is 0 Å². The van der Waals surface area contributed by atoms with Crippen LogP contribution in [0, 0.1) is 81.4 Å². The number of halogens is 14. The van der Waals surface area contributed by atoms with Gasteiger partial charge in [-0.25, -0.2) is 52.7 Å². The Morgan fingerprint density at radius 2 is 0.512 bits per heavy atom. The Morgan fingerprint density at radius 3 is 0.721 bits per heavy atom. The fraction of sp³-hybridized carbons (Fsp3) is 0.333. The molecule has 0 bridgehead atoms. The molecule has 0 N–H and O–H groups in total. The van der Waals surface area contributed by atoms with E-state index >= 15 is 17.6 Å². The molecule has 0 spiro atoms. The normalized spacial score (nSPS) is 12.6. The van der Waals surface area contributed by atoms with E-state index in [1.807, 2.05) is 0 Å². The lowest BCUT2D eigenvalue weighted by molar-refractivity contribution is 0.382. The molecule has 16 heteroatoms. The highest BCUT2D eigenvalue weighted by Gasteiger charge is 2.55. The lowest BCUT2D eigenvalue weighted by Crippen LogP contribution is -2.61. The molecule has 0 amide bonds. The van der Waals surface area contributed by atoms with Gasteiger partial charge in [-0.15, -0.1) is 16.4 Å². The summed E-state index contributed by atoms with van der Waals surface area (Å²) in [6.07, 6.45) is 0. The number of hydrogen-bond donors (Lipinski definition) is 0. The SMILES string of the molecule is CC(C)[P+](c1c(F)c(F)c([BH-](c2c(F)c(F)c(F)c(F)c2F)c2c(F)c(F)c(F)c(F)c2F)c(F)c1F)(C(C)C)C(C)C. The van der Waals surface area contributed by atoms with Crippen molar-refractivity contribution in [2.24, 2.45) is 0 Å². The molecule has 0 aliphatic rings. The molecular formula is C27H22BF14P. The molecule has 0 aliphatic carbocycles. The molecular weight excluding hydrogens is 632 g/mol. The molecule has 0 nitrogen and oxygen atoms in total. The fourth-order valence-electron chi connectivity index (χ4n) is 6.33. The molecule has 3 rings (SSSR count).